The van der Waals surface area contributed by atoms with Gasteiger partial charge in [0.15, 0.2) is 0 Å². The maximum Gasteiger partial charge on any atom is 0.319 e. The molecule has 0 unspecified atom stereocenters. The van der Waals surface area contributed by atoms with Crippen LogP contribution >= 0.6 is 8.25 Å². The van der Waals surface area contributed by atoms with Gasteiger partial charge in [-0.15, -0.1) is 0 Å². The van der Waals surface area contributed by atoms with Crippen molar-refractivity contribution in [3.63, 3.8) is 0 Å². The highest BCUT2D eigenvalue weighted by Crippen LogP contribution is 2.25. The van der Waals surface area contributed by atoms with Gasteiger partial charge in [0.25, 0.3) is 0 Å². The van der Waals surface area contributed by atoms with Gasteiger partial charge in [0.05, 0.1) is 13.2 Å². The molecule has 0 atom stereocenters. The van der Waals surface area contributed by atoms with Crippen molar-refractivity contribution in [1.29, 1.82) is 0 Å². The Bertz CT molecular complexity index is 163. The van der Waals surface area contributed by atoms with Crippen molar-refractivity contribution in [1.82, 2.24) is 0 Å². The SMILES string of the molecule is CC(C)CCCO[PH](=O)OCCCC(C)C. The van der Waals surface area contributed by atoms with Gasteiger partial charge in [0.1, 0.15) is 0 Å². The molecule has 0 aliphatic carbocycles. The molecule has 0 fully saturated rings. The van der Waals surface area contributed by atoms with E-state index >= 15 is 0 Å². The zero-order chi connectivity index (χ0) is 12.4. The molecular weight excluding hydrogens is 223 g/mol. The van der Waals surface area contributed by atoms with Crippen LogP contribution in [0.3, 0.4) is 0 Å². The lowest BCUT2D eigenvalue weighted by Gasteiger charge is -2.07. The Labute approximate surface area is 101 Å². The minimum atomic E-state index is -2.24. The van der Waals surface area contributed by atoms with Crippen molar-refractivity contribution >= 4 is 8.25 Å². The minimum Gasteiger partial charge on any atom is -0.311 e. The van der Waals surface area contributed by atoms with E-state index in [0.717, 1.165) is 25.7 Å². The number of rotatable bonds is 10. The fraction of sp³-hybridized carbons (Fsp3) is 1.00. The summed E-state index contributed by atoms with van der Waals surface area (Å²) in [7, 11) is -2.24. The summed E-state index contributed by atoms with van der Waals surface area (Å²) < 4.78 is 21.5. The molecule has 3 nitrogen and oxygen atoms in total. The Morgan fingerprint density at radius 2 is 1.25 bits per heavy atom. The summed E-state index contributed by atoms with van der Waals surface area (Å²) in [6.07, 6.45) is 4.15. The summed E-state index contributed by atoms with van der Waals surface area (Å²) in [5, 5.41) is 0. The average molecular weight is 250 g/mol. The van der Waals surface area contributed by atoms with Crippen LogP contribution in [0, 0.1) is 11.8 Å². The topological polar surface area (TPSA) is 35.5 Å². The molecule has 0 saturated carbocycles. The average Bonchev–Trinajstić information content (AvgIpc) is 2.19. The number of hydrogen-bond acceptors (Lipinski definition) is 3. The molecule has 0 aromatic heterocycles. The van der Waals surface area contributed by atoms with Gasteiger partial charge in [-0.25, -0.2) is 0 Å². The van der Waals surface area contributed by atoms with E-state index in [2.05, 4.69) is 27.7 Å². The third kappa shape index (κ3) is 12.2. The summed E-state index contributed by atoms with van der Waals surface area (Å²) in [5.41, 5.74) is 0. The second kappa shape index (κ2) is 10.3. The molecule has 0 spiro atoms. The Kier molecular flexibility index (Phi) is 10.4. The van der Waals surface area contributed by atoms with Crippen LogP contribution in [0.25, 0.3) is 0 Å². The first kappa shape index (κ1) is 16.1. The van der Waals surface area contributed by atoms with E-state index in [1.54, 1.807) is 0 Å². The van der Waals surface area contributed by atoms with Crippen molar-refractivity contribution < 1.29 is 13.6 Å². The maximum absolute atomic E-state index is 11.3. The molecule has 0 aromatic carbocycles. The van der Waals surface area contributed by atoms with Gasteiger partial charge in [-0.1, -0.05) is 27.7 Å². The molecule has 0 aromatic rings. The van der Waals surface area contributed by atoms with Crippen LogP contribution in [0.2, 0.25) is 0 Å². The summed E-state index contributed by atoms with van der Waals surface area (Å²) >= 11 is 0. The van der Waals surface area contributed by atoms with E-state index in [1.165, 1.54) is 0 Å². The second-order valence-corrected chi connectivity index (χ2v) is 6.10. The van der Waals surface area contributed by atoms with Crippen LogP contribution in [0.4, 0.5) is 0 Å². The standard InChI is InChI=1S/C12H27O3P/c1-11(2)7-5-9-14-16(13)15-10-6-8-12(3)4/h11-12,16H,5-10H2,1-4H3. The molecule has 0 rings (SSSR count). The molecule has 0 saturated heterocycles. The third-order valence-corrected chi connectivity index (χ3v) is 3.17. The quantitative estimate of drug-likeness (QED) is 0.429. The van der Waals surface area contributed by atoms with Crippen LogP contribution < -0.4 is 0 Å². The molecule has 0 aliphatic rings. The van der Waals surface area contributed by atoms with E-state index in [4.69, 9.17) is 9.05 Å². The van der Waals surface area contributed by atoms with Crippen LogP contribution in [0.1, 0.15) is 53.4 Å². The van der Waals surface area contributed by atoms with Gasteiger partial charge in [0.2, 0.25) is 0 Å². The highest BCUT2D eigenvalue weighted by molar-refractivity contribution is 7.33. The maximum atomic E-state index is 11.3. The monoisotopic (exact) mass is 250 g/mol. The molecule has 98 valence electrons. The number of hydrogen-bond donors (Lipinski definition) is 0. The fourth-order valence-electron chi connectivity index (χ4n) is 1.34. The van der Waals surface area contributed by atoms with Gasteiger partial charge in [-0.05, 0) is 37.5 Å². The van der Waals surface area contributed by atoms with Crippen molar-refractivity contribution in [3.8, 4) is 0 Å². The van der Waals surface area contributed by atoms with Gasteiger partial charge in [-0.3, -0.25) is 4.57 Å². The molecule has 16 heavy (non-hydrogen) atoms. The molecule has 0 radical (unpaired) electrons. The largest absolute Gasteiger partial charge is 0.319 e. The summed E-state index contributed by atoms with van der Waals surface area (Å²) in [6, 6.07) is 0. The Morgan fingerprint density at radius 1 is 0.875 bits per heavy atom. The predicted molar refractivity (Wildman–Crippen MR) is 69.0 cm³/mol. The lowest BCUT2D eigenvalue weighted by atomic mass is 10.1. The van der Waals surface area contributed by atoms with Crippen LogP contribution in [0.5, 0.6) is 0 Å². The molecule has 0 amide bonds. The normalized spacial score (nSPS) is 11.9. The fourth-order valence-corrected chi connectivity index (χ4v) is 2.04. The van der Waals surface area contributed by atoms with Crippen LogP contribution in [-0.4, -0.2) is 13.2 Å². The lowest BCUT2D eigenvalue weighted by Crippen LogP contribution is -1.95. The van der Waals surface area contributed by atoms with Crippen LogP contribution in [-0.2, 0) is 13.6 Å². The highest BCUT2D eigenvalue weighted by atomic mass is 31.1. The molecule has 0 bridgehead atoms. The zero-order valence-electron chi connectivity index (χ0n) is 11.1. The van der Waals surface area contributed by atoms with E-state index in [-0.39, 0.29) is 0 Å². The first-order valence-corrected chi connectivity index (χ1v) is 7.54. The smallest absolute Gasteiger partial charge is 0.311 e. The van der Waals surface area contributed by atoms with Crippen LogP contribution in [0.15, 0.2) is 0 Å². The van der Waals surface area contributed by atoms with Crippen molar-refractivity contribution in [3.05, 3.63) is 0 Å². The zero-order valence-corrected chi connectivity index (χ0v) is 12.1. The predicted octanol–water partition coefficient (Wildman–Crippen LogP) is 4.28. The summed E-state index contributed by atoms with van der Waals surface area (Å²) in [6.45, 7) is 9.80. The third-order valence-electron chi connectivity index (χ3n) is 2.29. The summed E-state index contributed by atoms with van der Waals surface area (Å²) in [4.78, 5) is 0. The van der Waals surface area contributed by atoms with Gasteiger partial charge < -0.3 is 9.05 Å². The van der Waals surface area contributed by atoms with E-state index in [9.17, 15) is 4.57 Å². The van der Waals surface area contributed by atoms with Crippen molar-refractivity contribution in [2.75, 3.05) is 13.2 Å². The summed E-state index contributed by atoms with van der Waals surface area (Å²) in [5.74, 6) is 1.36. The Balaban J connectivity index is 3.25. The van der Waals surface area contributed by atoms with Gasteiger partial charge in [-0.2, -0.15) is 0 Å². The second-order valence-electron chi connectivity index (χ2n) is 5.02. The Morgan fingerprint density at radius 3 is 1.56 bits per heavy atom. The molecular formula is C12H27O3P. The first-order chi connectivity index (χ1) is 7.52. The highest BCUT2D eigenvalue weighted by Gasteiger charge is 2.01. The van der Waals surface area contributed by atoms with Crippen molar-refractivity contribution in [2.24, 2.45) is 11.8 Å². The lowest BCUT2D eigenvalue weighted by molar-refractivity contribution is 0.214. The van der Waals surface area contributed by atoms with Crippen molar-refractivity contribution in [2.45, 2.75) is 53.4 Å². The van der Waals surface area contributed by atoms with Gasteiger partial charge >= 0.3 is 8.25 Å². The molecule has 0 N–H and O–H groups in total. The van der Waals surface area contributed by atoms with E-state index < -0.39 is 8.25 Å². The van der Waals surface area contributed by atoms with Gasteiger partial charge in [0, 0.05) is 0 Å². The molecule has 4 heteroatoms. The van der Waals surface area contributed by atoms with E-state index in [0.29, 0.717) is 25.0 Å². The molecule has 0 heterocycles. The first-order valence-electron chi connectivity index (χ1n) is 6.32. The Hall–Kier alpha value is 0.150. The minimum absolute atomic E-state index is 0.556. The molecule has 0 aliphatic heterocycles. The van der Waals surface area contributed by atoms with E-state index in [1.807, 2.05) is 0 Å².